The zero-order valence-corrected chi connectivity index (χ0v) is 10.8. The zero-order chi connectivity index (χ0) is 12.1. The summed E-state index contributed by atoms with van der Waals surface area (Å²) in [7, 11) is 0. The van der Waals surface area contributed by atoms with Crippen molar-refractivity contribution in [3.63, 3.8) is 0 Å². The molecule has 2 nitrogen and oxygen atoms in total. The molecular formula is C15H22N2. The van der Waals surface area contributed by atoms with E-state index in [4.69, 9.17) is 0 Å². The van der Waals surface area contributed by atoms with Gasteiger partial charge in [-0.1, -0.05) is 29.8 Å². The first kappa shape index (κ1) is 12.2. The minimum Gasteiger partial charge on any atom is -0.385 e. The number of fused-ring (bicyclic) bond motifs is 1. The number of hydrogen-bond acceptors (Lipinski definition) is 2. The molecule has 92 valence electrons. The second kappa shape index (κ2) is 5.87. The summed E-state index contributed by atoms with van der Waals surface area (Å²) < 4.78 is 0. The van der Waals surface area contributed by atoms with Crippen molar-refractivity contribution in [2.24, 2.45) is 0 Å². The third kappa shape index (κ3) is 3.34. The molecule has 0 saturated carbocycles. The molecule has 1 aromatic carbocycles. The van der Waals surface area contributed by atoms with Gasteiger partial charge in [-0.25, -0.2) is 0 Å². The van der Waals surface area contributed by atoms with Crippen molar-refractivity contribution in [2.75, 3.05) is 18.4 Å². The van der Waals surface area contributed by atoms with E-state index in [0.29, 0.717) is 0 Å². The van der Waals surface area contributed by atoms with E-state index in [-0.39, 0.29) is 0 Å². The second-order valence-electron chi connectivity index (χ2n) is 4.89. The molecule has 0 fully saturated rings. The highest BCUT2D eigenvalue weighted by molar-refractivity contribution is 5.59. The van der Waals surface area contributed by atoms with Crippen LogP contribution in [0.25, 0.3) is 0 Å². The standard InChI is InChI=1S/C15H22N2/c1-12(2)8-10-16-11-14-6-3-5-13-7-4-9-17-15(13)14/h3,5-6,8,16-17H,4,7,9-11H2,1-2H3. The first-order valence-electron chi connectivity index (χ1n) is 6.46. The van der Waals surface area contributed by atoms with Gasteiger partial charge >= 0.3 is 0 Å². The summed E-state index contributed by atoms with van der Waals surface area (Å²) in [6, 6.07) is 6.62. The Morgan fingerprint density at radius 2 is 2.29 bits per heavy atom. The minimum absolute atomic E-state index is 0.944. The Labute approximate surface area is 104 Å². The van der Waals surface area contributed by atoms with Gasteiger partial charge in [0.1, 0.15) is 0 Å². The average Bonchev–Trinajstić information content (AvgIpc) is 2.34. The van der Waals surface area contributed by atoms with Gasteiger partial charge in [-0.3, -0.25) is 0 Å². The molecule has 0 unspecified atom stereocenters. The normalized spacial score (nSPS) is 13.8. The molecule has 0 radical (unpaired) electrons. The summed E-state index contributed by atoms with van der Waals surface area (Å²) in [5, 5.41) is 6.99. The molecule has 0 aliphatic carbocycles. The fourth-order valence-electron chi connectivity index (χ4n) is 2.21. The van der Waals surface area contributed by atoms with E-state index in [2.05, 4.69) is 48.8 Å². The Morgan fingerprint density at radius 3 is 3.12 bits per heavy atom. The quantitative estimate of drug-likeness (QED) is 0.613. The number of rotatable bonds is 4. The predicted octanol–water partition coefficient (Wildman–Crippen LogP) is 3.10. The van der Waals surface area contributed by atoms with Crippen molar-refractivity contribution in [3.8, 4) is 0 Å². The van der Waals surface area contributed by atoms with Crippen LogP contribution < -0.4 is 10.6 Å². The molecule has 17 heavy (non-hydrogen) atoms. The molecule has 0 atom stereocenters. The van der Waals surface area contributed by atoms with Crippen molar-refractivity contribution >= 4 is 5.69 Å². The number of nitrogens with one attached hydrogen (secondary N) is 2. The van der Waals surface area contributed by atoms with Gasteiger partial charge in [0.25, 0.3) is 0 Å². The van der Waals surface area contributed by atoms with E-state index >= 15 is 0 Å². The van der Waals surface area contributed by atoms with Crippen molar-refractivity contribution in [1.82, 2.24) is 5.32 Å². The molecule has 1 aromatic rings. The van der Waals surface area contributed by atoms with Gasteiger partial charge in [0.15, 0.2) is 0 Å². The van der Waals surface area contributed by atoms with E-state index in [1.165, 1.54) is 35.2 Å². The number of hydrogen-bond donors (Lipinski definition) is 2. The third-order valence-corrected chi connectivity index (χ3v) is 3.13. The lowest BCUT2D eigenvalue weighted by Gasteiger charge is -2.21. The molecule has 1 heterocycles. The highest BCUT2D eigenvalue weighted by Crippen LogP contribution is 2.25. The highest BCUT2D eigenvalue weighted by atomic mass is 14.9. The summed E-state index contributed by atoms with van der Waals surface area (Å²) in [4.78, 5) is 0. The molecule has 0 amide bonds. The molecular weight excluding hydrogens is 208 g/mol. The molecule has 2 rings (SSSR count). The van der Waals surface area contributed by atoms with Crippen LogP contribution in [0.15, 0.2) is 29.8 Å². The largest absolute Gasteiger partial charge is 0.385 e. The van der Waals surface area contributed by atoms with Crippen LogP contribution in [0.5, 0.6) is 0 Å². The number of benzene rings is 1. The Kier molecular flexibility index (Phi) is 4.21. The smallest absolute Gasteiger partial charge is 0.0418 e. The number of allylic oxidation sites excluding steroid dienone is 1. The van der Waals surface area contributed by atoms with Crippen LogP contribution in [-0.2, 0) is 13.0 Å². The van der Waals surface area contributed by atoms with Gasteiger partial charge in [0.05, 0.1) is 0 Å². The van der Waals surface area contributed by atoms with Crippen molar-refractivity contribution in [1.29, 1.82) is 0 Å². The summed E-state index contributed by atoms with van der Waals surface area (Å²) in [6.07, 6.45) is 4.69. The van der Waals surface area contributed by atoms with E-state index < -0.39 is 0 Å². The summed E-state index contributed by atoms with van der Waals surface area (Å²) in [5.74, 6) is 0. The van der Waals surface area contributed by atoms with Crippen LogP contribution in [0.3, 0.4) is 0 Å². The van der Waals surface area contributed by atoms with E-state index in [1.54, 1.807) is 0 Å². The fourth-order valence-corrected chi connectivity index (χ4v) is 2.21. The first-order chi connectivity index (χ1) is 8.27. The molecule has 0 bridgehead atoms. The van der Waals surface area contributed by atoms with Gasteiger partial charge in [0.2, 0.25) is 0 Å². The highest BCUT2D eigenvalue weighted by Gasteiger charge is 2.11. The van der Waals surface area contributed by atoms with Gasteiger partial charge in [-0.05, 0) is 37.8 Å². The molecule has 2 heteroatoms. The minimum atomic E-state index is 0.944. The van der Waals surface area contributed by atoms with Gasteiger partial charge in [-0.15, -0.1) is 0 Å². The topological polar surface area (TPSA) is 24.1 Å². The number of aryl methyl sites for hydroxylation is 1. The maximum atomic E-state index is 3.53. The van der Waals surface area contributed by atoms with Crippen molar-refractivity contribution in [2.45, 2.75) is 33.2 Å². The lowest BCUT2D eigenvalue weighted by atomic mass is 9.99. The van der Waals surface area contributed by atoms with Crippen LogP contribution in [0.1, 0.15) is 31.4 Å². The molecule has 2 N–H and O–H groups in total. The van der Waals surface area contributed by atoms with Gasteiger partial charge < -0.3 is 10.6 Å². The number of para-hydroxylation sites is 1. The van der Waals surface area contributed by atoms with Crippen LogP contribution in [-0.4, -0.2) is 13.1 Å². The van der Waals surface area contributed by atoms with Crippen LogP contribution in [0, 0.1) is 0 Å². The van der Waals surface area contributed by atoms with E-state index in [9.17, 15) is 0 Å². The van der Waals surface area contributed by atoms with Crippen LogP contribution in [0.4, 0.5) is 5.69 Å². The van der Waals surface area contributed by atoms with E-state index in [0.717, 1.165) is 19.6 Å². The Balaban J connectivity index is 1.98. The molecule has 0 saturated heterocycles. The van der Waals surface area contributed by atoms with Crippen molar-refractivity contribution < 1.29 is 0 Å². The molecule has 1 aliphatic rings. The maximum Gasteiger partial charge on any atom is 0.0418 e. The van der Waals surface area contributed by atoms with Gasteiger partial charge in [-0.2, -0.15) is 0 Å². The maximum absolute atomic E-state index is 3.53. The third-order valence-electron chi connectivity index (χ3n) is 3.13. The Hall–Kier alpha value is -1.28. The lowest BCUT2D eigenvalue weighted by molar-refractivity contribution is 0.748. The SMILES string of the molecule is CC(C)=CCNCc1cccc2c1NCCC2. The summed E-state index contributed by atoms with van der Waals surface area (Å²) in [6.45, 7) is 7.27. The zero-order valence-electron chi connectivity index (χ0n) is 10.8. The Morgan fingerprint density at radius 1 is 1.41 bits per heavy atom. The summed E-state index contributed by atoms with van der Waals surface area (Å²) in [5.41, 5.74) is 5.59. The fraction of sp³-hybridized carbons (Fsp3) is 0.467. The lowest BCUT2D eigenvalue weighted by Crippen LogP contribution is -2.18. The van der Waals surface area contributed by atoms with Crippen molar-refractivity contribution in [3.05, 3.63) is 41.0 Å². The molecule has 0 spiro atoms. The molecule has 0 aromatic heterocycles. The van der Waals surface area contributed by atoms with Crippen LogP contribution in [0.2, 0.25) is 0 Å². The first-order valence-corrected chi connectivity index (χ1v) is 6.46. The van der Waals surface area contributed by atoms with E-state index in [1.807, 2.05) is 0 Å². The average molecular weight is 230 g/mol. The number of anilines is 1. The predicted molar refractivity (Wildman–Crippen MR) is 74.4 cm³/mol. The second-order valence-corrected chi connectivity index (χ2v) is 4.89. The Bertz CT molecular complexity index is 403. The van der Waals surface area contributed by atoms with Crippen LogP contribution >= 0.6 is 0 Å². The summed E-state index contributed by atoms with van der Waals surface area (Å²) >= 11 is 0. The van der Waals surface area contributed by atoms with Gasteiger partial charge in [0, 0.05) is 25.3 Å². The monoisotopic (exact) mass is 230 g/mol. The molecule has 1 aliphatic heterocycles.